The summed E-state index contributed by atoms with van der Waals surface area (Å²) in [6.07, 6.45) is 7.50. The molecule has 1 heterocycles. The highest BCUT2D eigenvalue weighted by Gasteiger charge is 2.15. The van der Waals surface area contributed by atoms with Gasteiger partial charge in [-0.15, -0.1) is 0 Å². The fourth-order valence-corrected chi connectivity index (χ4v) is 4.53. The lowest BCUT2D eigenvalue weighted by Crippen LogP contribution is -1.92. The average Bonchev–Trinajstić information content (AvgIpc) is 2.77. The van der Waals surface area contributed by atoms with Crippen LogP contribution in [0.25, 0.3) is 16.7 Å². The van der Waals surface area contributed by atoms with Gasteiger partial charge in [-0.2, -0.15) is 0 Å². The maximum absolute atomic E-state index is 4.43. The molecule has 132 valence electrons. The molecule has 4 rings (SSSR count). The minimum absolute atomic E-state index is 0.924. The number of aryl methyl sites for hydroxylation is 1. The van der Waals surface area contributed by atoms with E-state index in [9.17, 15) is 0 Å². The van der Waals surface area contributed by atoms with Gasteiger partial charge in [0.25, 0.3) is 0 Å². The number of thioether (sulfide) groups is 1. The summed E-state index contributed by atoms with van der Waals surface area (Å²) in [6.45, 7) is 6.57. The van der Waals surface area contributed by atoms with E-state index in [0.717, 1.165) is 11.3 Å². The van der Waals surface area contributed by atoms with Crippen molar-refractivity contribution in [1.82, 2.24) is 0 Å². The maximum Gasteiger partial charge on any atom is 0.0236 e. The largest absolute Gasteiger partial charge is 0.0891 e. The van der Waals surface area contributed by atoms with E-state index in [-0.39, 0.29) is 0 Å². The third-order valence-corrected chi connectivity index (χ3v) is 5.93. The fourth-order valence-electron chi connectivity index (χ4n) is 3.41. The van der Waals surface area contributed by atoms with Crippen molar-refractivity contribution in [3.63, 3.8) is 0 Å². The van der Waals surface area contributed by atoms with Crippen LogP contribution in [0.1, 0.15) is 16.7 Å². The number of fused-ring (bicyclic) bond motifs is 1. The molecule has 0 radical (unpaired) electrons. The summed E-state index contributed by atoms with van der Waals surface area (Å²) in [6, 6.07) is 25.9. The van der Waals surface area contributed by atoms with Gasteiger partial charge in [-0.25, -0.2) is 0 Å². The van der Waals surface area contributed by atoms with Crippen LogP contribution in [-0.2, 0) is 6.42 Å². The number of hydrogen-bond acceptors (Lipinski definition) is 1. The number of benzene rings is 3. The van der Waals surface area contributed by atoms with Gasteiger partial charge in [0.15, 0.2) is 0 Å². The molecule has 0 aliphatic carbocycles. The van der Waals surface area contributed by atoms with Gasteiger partial charge in [-0.05, 0) is 41.2 Å². The number of allylic oxidation sites excluding steroid dienone is 4. The molecule has 0 fully saturated rings. The van der Waals surface area contributed by atoms with Gasteiger partial charge in [0, 0.05) is 9.80 Å². The Morgan fingerprint density at radius 2 is 1.63 bits per heavy atom. The standard InChI is InChI=1S/C26H22S/c1-19-10-8-15-23(18-19)25-17-9-14-22-13-6-7-16-24(20(2)27-26(22)25)21-11-4-3-5-12-21/h3-12,14-18H,2,13H2,1H3/b7-6-,24-16+. The lowest BCUT2D eigenvalue weighted by atomic mass is 10.00. The predicted molar refractivity (Wildman–Crippen MR) is 119 cm³/mol. The van der Waals surface area contributed by atoms with E-state index in [1.54, 1.807) is 11.8 Å². The van der Waals surface area contributed by atoms with Crippen molar-refractivity contribution in [2.75, 3.05) is 0 Å². The van der Waals surface area contributed by atoms with Crippen molar-refractivity contribution in [3.8, 4) is 11.1 Å². The van der Waals surface area contributed by atoms with Crippen molar-refractivity contribution in [1.29, 1.82) is 0 Å². The molecule has 0 spiro atoms. The zero-order chi connectivity index (χ0) is 18.6. The summed E-state index contributed by atoms with van der Waals surface area (Å²) in [5, 5.41) is 0. The molecule has 0 nitrogen and oxygen atoms in total. The van der Waals surface area contributed by atoms with E-state index in [1.807, 2.05) is 0 Å². The molecule has 1 aliphatic heterocycles. The van der Waals surface area contributed by atoms with Crippen LogP contribution >= 0.6 is 11.8 Å². The van der Waals surface area contributed by atoms with E-state index in [0.29, 0.717) is 0 Å². The van der Waals surface area contributed by atoms with Crippen LogP contribution in [0.3, 0.4) is 0 Å². The van der Waals surface area contributed by atoms with Gasteiger partial charge in [-0.3, -0.25) is 0 Å². The SMILES string of the molecule is C=C1Sc2c(cccc2-c2cccc(C)c2)C/C=C\C=C/1c1ccccc1. The second-order valence-corrected chi connectivity index (χ2v) is 7.87. The average molecular weight is 367 g/mol. The Bertz CT molecular complexity index is 1040. The molecule has 0 atom stereocenters. The third kappa shape index (κ3) is 3.84. The minimum Gasteiger partial charge on any atom is -0.0891 e. The molecule has 0 amide bonds. The molecule has 3 aromatic rings. The van der Waals surface area contributed by atoms with Crippen molar-refractivity contribution in [3.05, 3.63) is 119 Å². The van der Waals surface area contributed by atoms with Crippen LogP contribution in [0, 0.1) is 6.92 Å². The molecular formula is C26H22S. The van der Waals surface area contributed by atoms with E-state index < -0.39 is 0 Å². The molecule has 1 aliphatic rings. The summed E-state index contributed by atoms with van der Waals surface area (Å²) in [4.78, 5) is 2.38. The summed E-state index contributed by atoms with van der Waals surface area (Å²) < 4.78 is 0. The molecule has 0 aromatic heterocycles. The van der Waals surface area contributed by atoms with Crippen molar-refractivity contribution >= 4 is 17.3 Å². The predicted octanol–water partition coefficient (Wildman–Crippen LogP) is 7.46. The smallest absolute Gasteiger partial charge is 0.0236 e. The van der Waals surface area contributed by atoms with E-state index in [2.05, 4.69) is 105 Å². The van der Waals surface area contributed by atoms with Crippen LogP contribution in [0.5, 0.6) is 0 Å². The zero-order valence-electron chi connectivity index (χ0n) is 15.5. The lowest BCUT2D eigenvalue weighted by Gasteiger charge is -2.16. The van der Waals surface area contributed by atoms with Crippen LogP contribution in [0.15, 0.2) is 107 Å². The summed E-state index contributed by atoms with van der Waals surface area (Å²) in [5.74, 6) is 0. The first-order valence-electron chi connectivity index (χ1n) is 9.21. The normalized spacial score (nSPS) is 17.1. The van der Waals surface area contributed by atoms with Crippen LogP contribution in [-0.4, -0.2) is 0 Å². The molecule has 3 aromatic carbocycles. The molecule has 1 heteroatoms. The Morgan fingerprint density at radius 1 is 0.852 bits per heavy atom. The van der Waals surface area contributed by atoms with Gasteiger partial charge in [0.2, 0.25) is 0 Å². The number of hydrogen-bond donors (Lipinski definition) is 0. The first-order chi connectivity index (χ1) is 13.2. The Hall–Kier alpha value is -2.77. The molecule has 0 saturated heterocycles. The highest BCUT2D eigenvalue weighted by Crippen LogP contribution is 2.43. The van der Waals surface area contributed by atoms with E-state index in [4.69, 9.17) is 0 Å². The van der Waals surface area contributed by atoms with E-state index >= 15 is 0 Å². The summed E-state index contributed by atoms with van der Waals surface area (Å²) in [7, 11) is 0. The van der Waals surface area contributed by atoms with Crippen LogP contribution in [0.4, 0.5) is 0 Å². The lowest BCUT2D eigenvalue weighted by molar-refractivity contribution is 1.18. The Balaban J connectivity index is 1.81. The quantitative estimate of drug-likeness (QED) is 0.453. The topological polar surface area (TPSA) is 0 Å². The van der Waals surface area contributed by atoms with Crippen LogP contribution in [0.2, 0.25) is 0 Å². The van der Waals surface area contributed by atoms with Gasteiger partial charge in [0.1, 0.15) is 0 Å². The third-order valence-electron chi connectivity index (χ3n) is 4.77. The molecule has 0 saturated carbocycles. The molecular weight excluding hydrogens is 344 g/mol. The number of rotatable bonds is 2. The molecule has 0 bridgehead atoms. The molecule has 0 unspecified atom stereocenters. The van der Waals surface area contributed by atoms with Gasteiger partial charge < -0.3 is 0 Å². The second-order valence-electron chi connectivity index (χ2n) is 6.77. The first kappa shape index (κ1) is 17.6. The summed E-state index contributed by atoms with van der Waals surface area (Å²) in [5.41, 5.74) is 7.56. The fraction of sp³-hybridized carbons (Fsp3) is 0.0769. The summed E-state index contributed by atoms with van der Waals surface area (Å²) >= 11 is 1.79. The highest BCUT2D eigenvalue weighted by molar-refractivity contribution is 8.03. The molecule has 0 N–H and O–H groups in total. The van der Waals surface area contributed by atoms with Crippen molar-refractivity contribution in [2.24, 2.45) is 0 Å². The van der Waals surface area contributed by atoms with Crippen molar-refractivity contribution in [2.45, 2.75) is 18.2 Å². The molecule has 27 heavy (non-hydrogen) atoms. The van der Waals surface area contributed by atoms with Gasteiger partial charge in [-0.1, -0.05) is 115 Å². The monoisotopic (exact) mass is 366 g/mol. The van der Waals surface area contributed by atoms with Gasteiger partial charge in [0.05, 0.1) is 0 Å². The second kappa shape index (κ2) is 7.85. The Labute approximate surface area is 166 Å². The maximum atomic E-state index is 4.43. The Kier molecular flexibility index (Phi) is 5.13. The minimum atomic E-state index is 0.924. The zero-order valence-corrected chi connectivity index (χ0v) is 16.3. The van der Waals surface area contributed by atoms with Gasteiger partial charge >= 0.3 is 0 Å². The van der Waals surface area contributed by atoms with E-state index in [1.165, 1.54) is 38.3 Å². The first-order valence-corrected chi connectivity index (χ1v) is 10.0. The highest BCUT2D eigenvalue weighted by atomic mass is 32.2. The van der Waals surface area contributed by atoms with Crippen LogP contribution < -0.4 is 0 Å². The Morgan fingerprint density at radius 3 is 2.44 bits per heavy atom. The van der Waals surface area contributed by atoms with Crippen molar-refractivity contribution < 1.29 is 0 Å².